The van der Waals surface area contributed by atoms with Gasteiger partial charge in [-0.15, -0.1) is 0 Å². The molecule has 30 heavy (non-hydrogen) atoms. The van der Waals surface area contributed by atoms with Gasteiger partial charge in [-0.05, 0) is 45.1 Å². The molecule has 0 radical (unpaired) electrons. The van der Waals surface area contributed by atoms with Crippen LogP contribution in [0, 0.1) is 0 Å². The van der Waals surface area contributed by atoms with Crippen LogP contribution in [0.15, 0.2) is 59.4 Å². The summed E-state index contributed by atoms with van der Waals surface area (Å²) in [7, 11) is 4.17. The molecule has 1 fully saturated rings. The van der Waals surface area contributed by atoms with Crippen LogP contribution >= 0.6 is 0 Å². The van der Waals surface area contributed by atoms with Crippen LogP contribution in [-0.4, -0.2) is 46.8 Å². The topological polar surface area (TPSA) is 67.2 Å². The van der Waals surface area contributed by atoms with Crippen LogP contribution in [0.3, 0.4) is 0 Å². The first kappa shape index (κ1) is 20.3. The molecule has 1 heterocycles. The molecule has 1 amide bonds. The molecule has 156 valence electrons. The molecule has 4 rings (SSSR count). The van der Waals surface area contributed by atoms with Crippen molar-refractivity contribution in [2.24, 2.45) is 0 Å². The van der Waals surface area contributed by atoms with Gasteiger partial charge >= 0.3 is 0 Å². The van der Waals surface area contributed by atoms with E-state index in [9.17, 15) is 9.59 Å². The van der Waals surface area contributed by atoms with E-state index in [-0.39, 0.29) is 22.7 Å². The fourth-order valence-corrected chi connectivity index (χ4v) is 4.42. The average molecular weight is 405 g/mol. The van der Waals surface area contributed by atoms with E-state index in [1.165, 1.54) is 23.9 Å². The van der Waals surface area contributed by atoms with Crippen LogP contribution in [0.4, 0.5) is 0 Å². The Balaban J connectivity index is 1.72. The molecular weight excluding hydrogens is 376 g/mol. The minimum Gasteiger partial charge on any atom is -0.349 e. The first-order chi connectivity index (χ1) is 14.5. The number of hydrogen-bond acceptors (Lipinski definition) is 4. The van der Waals surface area contributed by atoms with E-state index in [4.69, 9.17) is 0 Å². The normalized spacial score (nSPS) is 16.0. The van der Waals surface area contributed by atoms with Crippen LogP contribution in [0.2, 0.25) is 0 Å². The first-order valence-electron chi connectivity index (χ1n) is 10.5. The van der Waals surface area contributed by atoms with Gasteiger partial charge in [0.25, 0.3) is 11.5 Å². The van der Waals surface area contributed by atoms with Gasteiger partial charge in [-0.1, -0.05) is 55.7 Å². The largest absolute Gasteiger partial charge is 0.349 e. The quantitative estimate of drug-likeness (QED) is 0.708. The number of amides is 1. The van der Waals surface area contributed by atoms with Gasteiger partial charge in [-0.2, -0.15) is 9.78 Å². The van der Waals surface area contributed by atoms with Crippen molar-refractivity contribution in [3.05, 3.63) is 70.6 Å². The Bertz CT molecular complexity index is 1100. The predicted octanol–water partition coefficient (Wildman–Crippen LogP) is 3.38. The number of nitrogens with one attached hydrogen (secondary N) is 1. The number of hydrogen-bond donors (Lipinski definition) is 1. The number of benzene rings is 2. The highest BCUT2D eigenvalue weighted by Crippen LogP contribution is 2.31. The lowest BCUT2D eigenvalue weighted by molar-refractivity contribution is 0.0796. The maximum Gasteiger partial charge on any atom is 0.279 e. The van der Waals surface area contributed by atoms with Crippen molar-refractivity contribution in [2.75, 3.05) is 20.6 Å². The third-order valence-electron chi connectivity index (χ3n) is 6.33. The number of rotatable bonds is 5. The maximum atomic E-state index is 13.3. The maximum absolute atomic E-state index is 13.3. The molecule has 0 bridgehead atoms. The highest BCUT2D eigenvalue weighted by Gasteiger charge is 2.34. The highest BCUT2D eigenvalue weighted by atomic mass is 16.2. The third kappa shape index (κ3) is 3.75. The van der Waals surface area contributed by atoms with Gasteiger partial charge in [0.1, 0.15) is 0 Å². The zero-order chi connectivity index (χ0) is 21.1. The molecule has 0 atom stereocenters. The van der Waals surface area contributed by atoms with Crippen molar-refractivity contribution in [1.82, 2.24) is 20.0 Å². The first-order valence-corrected chi connectivity index (χ1v) is 10.5. The summed E-state index contributed by atoms with van der Waals surface area (Å²) < 4.78 is 1.32. The molecule has 6 heteroatoms. The highest BCUT2D eigenvalue weighted by molar-refractivity contribution is 6.04. The number of aromatic nitrogens is 2. The second-order valence-corrected chi connectivity index (χ2v) is 8.31. The van der Waals surface area contributed by atoms with Gasteiger partial charge in [-0.3, -0.25) is 9.59 Å². The van der Waals surface area contributed by atoms with Gasteiger partial charge in [0, 0.05) is 17.5 Å². The Kier molecular flexibility index (Phi) is 5.68. The molecule has 1 aliphatic carbocycles. The Hall–Kier alpha value is -2.99. The van der Waals surface area contributed by atoms with Crippen LogP contribution < -0.4 is 10.9 Å². The number of carbonyl (C=O) groups is 1. The number of nitrogens with zero attached hydrogens (tertiary/aromatic N) is 3. The van der Waals surface area contributed by atoms with E-state index in [1.807, 2.05) is 42.5 Å². The van der Waals surface area contributed by atoms with E-state index in [0.717, 1.165) is 12.8 Å². The molecule has 1 saturated carbocycles. The SMILES string of the molecule is CN(C)C1(CNC(=O)c2nn(-c3ccccc3)c(=O)c3ccccc23)CCCCC1. The molecule has 0 spiro atoms. The summed E-state index contributed by atoms with van der Waals surface area (Å²) in [5, 5.41) is 8.67. The van der Waals surface area contributed by atoms with Crippen LogP contribution in [-0.2, 0) is 0 Å². The standard InChI is InChI=1S/C24H28N4O2/c1-27(2)24(15-9-4-10-16-24)17-25-22(29)21-19-13-7-8-14-20(19)23(30)28(26-21)18-11-5-3-6-12-18/h3,5-8,11-14H,4,9-10,15-17H2,1-2H3,(H,25,29). The molecule has 1 aliphatic rings. The van der Waals surface area contributed by atoms with Crippen LogP contribution in [0.25, 0.3) is 16.5 Å². The molecule has 2 aromatic carbocycles. The Morgan fingerprint density at radius 1 is 1.00 bits per heavy atom. The molecule has 1 N–H and O–H groups in total. The van der Waals surface area contributed by atoms with Crippen molar-refractivity contribution in [3.8, 4) is 5.69 Å². The minimum absolute atomic E-state index is 0.0302. The summed E-state index contributed by atoms with van der Waals surface area (Å²) in [5.74, 6) is -0.248. The Labute approximate surface area is 176 Å². The zero-order valence-electron chi connectivity index (χ0n) is 17.6. The second-order valence-electron chi connectivity index (χ2n) is 8.31. The van der Waals surface area contributed by atoms with Gasteiger partial charge in [0.15, 0.2) is 5.69 Å². The molecule has 0 aliphatic heterocycles. The van der Waals surface area contributed by atoms with Gasteiger partial charge in [0.2, 0.25) is 0 Å². The van der Waals surface area contributed by atoms with Crippen molar-refractivity contribution in [3.63, 3.8) is 0 Å². The minimum atomic E-state index is -0.248. The van der Waals surface area contributed by atoms with Gasteiger partial charge in [0.05, 0.1) is 11.1 Å². The lowest BCUT2D eigenvalue weighted by atomic mass is 9.80. The van der Waals surface area contributed by atoms with E-state index < -0.39 is 0 Å². The number of fused-ring (bicyclic) bond motifs is 1. The molecule has 1 aromatic heterocycles. The number of carbonyl (C=O) groups excluding carboxylic acids is 1. The van der Waals surface area contributed by atoms with Gasteiger partial charge < -0.3 is 10.2 Å². The molecule has 0 saturated heterocycles. The average Bonchev–Trinajstić information content (AvgIpc) is 2.79. The molecule has 0 unspecified atom stereocenters. The predicted molar refractivity (Wildman–Crippen MR) is 119 cm³/mol. The summed E-state index contributed by atoms with van der Waals surface area (Å²) in [6.07, 6.45) is 5.73. The molecule has 6 nitrogen and oxygen atoms in total. The monoisotopic (exact) mass is 404 g/mol. The lowest BCUT2D eigenvalue weighted by Crippen LogP contribution is -2.54. The molecule has 3 aromatic rings. The Morgan fingerprint density at radius 2 is 1.63 bits per heavy atom. The summed E-state index contributed by atoms with van der Waals surface area (Å²) >= 11 is 0. The fraction of sp³-hybridized carbons (Fsp3) is 0.375. The van der Waals surface area contributed by atoms with E-state index in [2.05, 4.69) is 29.4 Å². The summed E-state index contributed by atoms with van der Waals surface area (Å²) in [6.45, 7) is 0.569. The summed E-state index contributed by atoms with van der Waals surface area (Å²) in [4.78, 5) is 28.5. The lowest BCUT2D eigenvalue weighted by Gasteiger charge is -2.43. The summed E-state index contributed by atoms with van der Waals surface area (Å²) in [5.41, 5.74) is 0.654. The number of likely N-dealkylation sites (N-methyl/N-ethyl adjacent to an activating group) is 1. The molecular formula is C24H28N4O2. The third-order valence-corrected chi connectivity index (χ3v) is 6.33. The van der Waals surface area contributed by atoms with E-state index in [0.29, 0.717) is 23.0 Å². The van der Waals surface area contributed by atoms with E-state index >= 15 is 0 Å². The zero-order valence-corrected chi connectivity index (χ0v) is 17.6. The van der Waals surface area contributed by atoms with Crippen molar-refractivity contribution in [2.45, 2.75) is 37.6 Å². The second kappa shape index (κ2) is 8.40. The van der Waals surface area contributed by atoms with E-state index in [1.54, 1.807) is 12.1 Å². The van der Waals surface area contributed by atoms with Crippen molar-refractivity contribution < 1.29 is 4.79 Å². The van der Waals surface area contributed by atoms with Crippen LogP contribution in [0.5, 0.6) is 0 Å². The van der Waals surface area contributed by atoms with Crippen molar-refractivity contribution in [1.29, 1.82) is 0 Å². The number of para-hydroxylation sites is 1. The van der Waals surface area contributed by atoms with Crippen LogP contribution in [0.1, 0.15) is 42.6 Å². The van der Waals surface area contributed by atoms with Crippen molar-refractivity contribution >= 4 is 16.7 Å². The van der Waals surface area contributed by atoms with Gasteiger partial charge in [-0.25, -0.2) is 0 Å². The Morgan fingerprint density at radius 3 is 2.30 bits per heavy atom. The summed E-state index contributed by atoms with van der Waals surface area (Å²) in [6, 6.07) is 16.4. The fourth-order valence-electron chi connectivity index (χ4n) is 4.42. The smallest absolute Gasteiger partial charge is 0.279 e.